The van der Waals surface area contributed by atoms with Crippen LogP contribution in [0.3, 0.4) is 0 Å². The summed E-state index contributed by atoms with van der Waals surface area (Å²) in [6, 6.07) is 0. The summed E-state index contributed by atoms with van der Waals surface area (Å²) in [5, 5.41) is 0. The quantitative estimate of drug-likeness (QED) is 0.588. The molecule has 1 nitrogen and oxygen atoms in total. The molecule has 0 aliphatic heterocycles. The first kappa shape index (κ1) is 9.62. The average Bonchev–Trinajstić information content (AvgIpc) is 0.722. The molecule has 0 bridgehead atoms. The fourth-order valence-electron chi connectivity index (χ4n) is 0. The van der Waals surface area contributed by atoms with Crippen molar-refractivity contribution in [1.82, 2.24) is 0 Å². The maximum atomic E-state index is 9.90. The maximum absolute atomic E-state index is 9.90. The Morgan fingerprint density at radius 1 is 0.833 bits per heavy atom. The molecule has 6 heteroatoms. The second-order valence-electron chi connectivity index (χ2n) is 0.350. The molecule has 0 aliphatic rings. The summed E-state index contributed by atoms with van der Waals surface area (Å²) >= 11 is -7.17. The van der Waals surface area contributed by atoms with Crippen LogP contribution in [0.5, 0.6) is 0 Å². The van der Waals surface area contributed by atoms with Gasteiger partial charge in [-0.15, -0.1) is 0 Å². The van der Waals surface area contributed by atoms with Crippen LogP contribution in [0.4, 0.5) is 12.6 Å². The Bertz CT molecular complexity index is 23.0. The van der Waals surface area contributed by atoms with Gasteiger partial charge in [0.25, 0.3) is 0 Å². The monoisotopic (exact) mass is 278 g/mol. The molecular weight excluding hydrogens is 276 g/mol. The van der Waals surface area contributed by atoms with E-state index in [1.54, 1.807) is 0 Å². The summed E-state index contributed by atoms with van der Waals surface area (Å²) in [4.78, 5) is 0. The van der Waals surface area contributed by atoms with Crippen molar-refractivity contribution >= 4 is 0 Å². The zero-order valence-corrected chi connectivity index (χ0v) is 5.35. The molecule has 0 aromatic heterocycles. The molecule has 2 N–H and O–H groups in total. The van der Waals surface area contributed by atoms with Crippen molar-refractivity contribution in [3.05, 3.63) is 0 Å². The Labute approximate surface area is 37.1 Å². The van der Waals surface area contributed by atoms with Crippen molar-refractivity contribution in [3.63, 3.8) is 0 Å². The van der Waals surface area contributed by atoms with E-state index < -0.39 is 18.2 Å². The number of halogens is 4. The summed E-state index contributed by atoms with van der Waals surface area (Å²) in [5.74, 6) is 0. The molecule has 0 radical (unpaired) electrons. The van der Waals surface area contributed by atoms with Crippen LogP contribution in [0.2, 0.25) is 0 Å². The van der Waals surface area contributed by atoms with Gasteiger partial charge in [-0.1, -0.05) is 0 Å². The molecule has 0 aliphatic carbocycles. The van der Waals surface area contributed by atoms with Crippen molar-refractivity contribution in [3.8, 4) is 0 Å². The van der Waals surface area contributed by atoms with E-state index in [0.717, 1.165) is 0 Å². The predicted octanol–water partition coefficient (Wildman–Crippen LogP) is 0.854. The fraction of sp³-hybridized carbons (Fsp3) is 0. The molecule has 6 heavy (non-hydrogen) atoms. The van der Waals surface area contributed by atoms with Gasteiger partial charge in [0, 0.05) is 0 Å². The van der Waals surface area contributed by atoms with Crippen molar-refractivity contribution in [2.24, 2.45) is 0 Å². The van der Waals surface area contributed by atoms with Crippen LogP contribution in [0.15, 0.2) is 0 Å². The molecule has 0 aromatic rings. The van der Waals surface area contributed by atoms with Gasteiger partial charge in [-0.25, -0.2) is 0 Å². The number of hydrogen-bond acceptors (Lipinski definition) is 0. The van der Waals surface area contributed by atoms with E-state index in [0.29, 0.717) is 0 Å². The van der Waals surface area contributed by atoms with Gasteiger partial charge in [-0.2, -0.15) is 0 Å². The molecule has 0 spiro atoms. The summed E-state index contributed by atoms with van der Waals surface area (Å²) in [6.45, 7) is 0. The van der Waals surface area contributed by atoms with E-state index in [1.165, 1.54) is 0 Å². The average molecular weight is 278 g/mol. The van der Waals surface area contributed by atoms with Gasteiger partial charge in [-0.05, 0) is 0 Å². The molecule has 0 rings (SSSR count). The topological polar surface area (TPSA) is 31.5 Å². The summed E-state index contributed by atoms with van der Waals surface area (Å²) < 4.78 is 39.6. The third-order valence-corrected chi connectivity index (χ3v) is 0. The molecule has 0 atom stereocenters. The molecule has 0 saturated carbocycles. The van der Waals surface area contributed by atoms with Crippen LogP contribution < -0.4 is 0 Å². The van der Waals surface area contributed by atoms with Gasteiger partial charge in [0.2, 0.25) is 0 Å². The molecule has 0 amide bonds. The van der Waals surface area contributed by atoms with E-state index in [-0.39, 0.29) is 5.48 Å². The molecule has 0 saturated heterocycles. The van der Waals surface area contributed by atoms with E-state index in [4.69, 9.17) is 0 Å². The van der Waals surface area contributed by atoms with Crippen molar-refractivity contribution in [2.75, 3.05) is 0 Å². The first-order valence-corrected chi connectivity index (χ1v) is 5.05. The molecular formula is H2F4OW. The van der Waals surface area contributed by atoms with Gasteiger partial charge < -0.3 is 5.48 Å². The van der Waals surface area contributed by atoms with Gasteiger partial charge in [0.05, 0.1) is 0 Å². The van der Waals surface area contributed by atoms with Crippen molar-refractivity contribution < 1.29 is 36.3 Å². The number of rotatable bonds is 0. The van der Waals surface area contributed by atoms with Crippen molar-refractivity contribution in [2.45, 2.75) is 0 Å². The predicted molar refractivity (Wildman–Crippen MR) is 8.05 cm³/mol. The van der Waals surface area contributed by atoms with E-state index in [2.05, 4.69) is 0 Å². The van der Waals surface area contributed by atoms with Crippen LogP contribution in [-0.2, 0) is 18.2 Å². The third-order valence-electron chi connectivity index (χ3n) is 0. The van der Waals surface area contributed by atoms with Crippen LogP contribution >= 0.6 is 0 Å². The summed E-state index contributed by atoms with van der Waals surface area (Å²) in [7, 11) is 0. The minimum atomic E-state index is -7.17. The summed E-state index contributed by atoms with van der Waals surface area (Å²) in [5.41, 5.74) is 0. The van der Waals surface area contributed by atoms with E-state index in [9.17, 15) is 12.6 Å². The summed E-state index contributed by atoms with van der Waals surface area (Å²) in [6.07, 6.45) is 0. The molecule has 42 valence electrons. The van der Waals surface area contributed by atoms with Crippen LogP contribution in [0.25, 0.3) is 0 Å². The van der Waals surface area contributed by atoms with Gasteiger partial charge in [0.1, 0.15) is 0 Å². The van der Waals surface area contributed by atoms with Gasteiger partial charge in [-0.3, -0.25) is 0 Å². The number of hydrogen-bond donors (Lipinski definition) is 0. The van der Waals surface area contributed by atoms with Crippen LogP contribution in [0.1, 0.15) is 0 Å². The van der Waals surface area contributed by atoms with Gasteiger partial charge >= 0.3 is 30.8 Å². The van der Waals surface area contributed by atoms with Crippen LogP contribution in [-0.4, -0.2) is 5.48 Å². The second kappa shape index (κ2) is 2.53. The Balaban J connectivity index is 0. The Kier molecular flexibility index (Phi) is 4.05. The van der Waals surface area contributed by atoms with E-state index >= 15 is 0 Å². The third kappa shape index (κ3) is 365. The van der Waals surface area contributed by atoms with Crippen molar-refractivity contribution in [1.29, 1.82) is 0 Å². The Morgan fingerprint density at radius 2 is 0.833 bits per heavy atom. The fourth-order valence-corrected chi connectivity index (χ4v) is 0. The Morgan fingerprint density at radius 3 is 0.833 bits per heavy atom. The standard InChI is InChI=1S/4FH.H2O.W/h4*1H;1H2;/q;;;;;+4/p-4. The normalized spacial score (nSPS) is 12.7. The minimum absolute atomic E-state index is 0. The van der Waals surface area contributed by atoms with Crippen LogP contribution in [0, 0.1) is 0 Å². The Hall–Kier alpha value is 0.368. The molecule has 0 heterocycles. The molecule has 0 unspecified atom stereocenters. The zero-order valence-electron chi connectivity index (χ0n) is 2.42. The zero-order chi connectivity index (χ0) is 4.50. The second-order valence-corrected chi connectivity index (χ2v) is 2.86. The van der Waals surface area contributed by atoms with E-state index in [1.807, 2.05) is 0 Å². The molecule has 0 aromatic carbocycles. The first-order valence-electron chi connectivity index (χ1n) is 0.617. The van der Waals surface area contributed by atoms with Gasteiger partial charge in [0.15, 0.2) is 0 Å². The SMILES string of the molecule is O.[F][W]([F])([F])[F]. The molecule has 0 fully saturated rings. The first-order chi connectivity index (χ1) is 2.00.